The highest BCUT2D eigenvalue weighted by Crippen LogP contribution is 2.16. The fourth-order valence-electron chi connectivity index (χ4n) is 2.10. The van der Waals surface area contributed by atoms with E-state index in [2.05, 4.69) is 15.5 Å². The molecule has 0 aliphatic carbocycles. The standard InChI is InChI=1S/C15H11N5O3/c21-14(11-6-8-13(9-7-11)20(22)23)10-19-15(16-17-18-19)12-4-2-1-3-5-12/h1-9H,10H2. The lowest BCUT2D eigenvalue weighted by molar-refractivity contribution is -0.384. The largest absolute Gasteiger partial charge is 0.292 e. The van der Waals surface area contributed by atoms with Crippen molar-refractivity contribution in [2.24, 2.45) is 0 Å². The maximum absolute atomic E-state index is 12.3. The van der Waals surface area contributed by atoms with E-state index in [1.165, 1.54) is 28.9 Å². The topological polar surface area (TPSA) is 104 Å². The summed E-state index contributed by atoms with van der Waals surface area (Å²) in [5.74, 6) is 0.255. The molecule has 0 unspecified atom stereocenters. The molecule has 0 spiro atoms. The highest BCUT2D eigenvalue weighted by molar-refractivity contribution is 5.96. The minimum Gasteiger partial charge on any atom is -0.292 e. The predicted octanol–water partition coefficient (Wildman–Crippen LogP) is 2.13. The van der Waals surface area contributed by atoms with Crippen LogP contribution in [-0.4, -0.2) is 30.9 Å². The monoisotopic (exact) mass is 309 g/mol. The molecule has 2 aromatic carbocycles. The summed E-state index contributed by atoms with van der Waals surface area (Å²) in [4.78, 5) is 22.4. The summed E-state index contributed by atoms with van der Waals surface area (Å²) in [6.45, 7) is -0.0466. The number of hydrogen-bond acceptors (Lipinski definition) is 6. The molecule has 0 aliphatic rings. The molecule has 3 aromatic rings. The van der Waals surface area contributed by atoms with E-state index in [4.69, 9.17) is 0 Å². The van der Waals surface area contributed by atoms with Crippen molar-refractivity contribution in [1.82, 2.24) is 20.2 Å². The number of carbonyl (C=O) groups is 1. The van der Waals surface area contributed by atoms with Crippen molar-refractivity contribution in [3.05, 3.63) is 70.3 Å². The summed E-state index contributed by atoms with van der Waals surface area (Å²) in [7, 11) is 0. The van der Waals surface area contributed by atoms with Crippen LogP contribution in [0.15, 0.2) is 54.6 Å². The molecular weight excluding hydrogens is 298 g/mol. The summed E-state index contributed by atoms with van der Waals surface area (Å²) in [5, 5.41) is 22.0. The molecule has 0 aliphatic heterocycles. The van der Waals surface area contributed by atoms with Crippen LogP contribution in [0.4, 0.5) is 5.69 Å². The molecule has 114 valence electrons. The summed E-state index contributed by atoms with van der Waals surface area (Å²) in [6.07, 6.45) is 0. The van der Waals surface area contributed by atoms with Crippen LogP contribution in [0.3, 0.4) is 0 Å². The van der Waals surface area contributed by atoms with Gasteiger partial charge in [0.25, 0.3) is 5.69 Å². The van der Waals surface area contributed by atoms with Gasteiger partial charge in [-0.15, -0.1) is 5.10 Å². The van der Waals surface area contributed by atoms with Gasteiger partial charge in [-0.25, -0.2) is 4.68 Å². The summed E-state index contributed by atoms with van der Waals surface area (Å²) >= 11 is 0. The van der Waals surface area contributed by atoms with Crippen molar-refractivity contribution in [3.63, 3.8) is 0 Å². The number of Topliss-reactive ketones (excluding diaryl/α,β-unsaturated/α-hetero) is 1. The van der Waals surface area contributed by atoms with E-state index in [-0.39, 0.29) is 18.0 Å². The minimum atomic E-state index is -0.511. The number of nitro groups is 1. The van der Waals surface area contributed by atoms with Crippen molar-refractivity contribution >= 4 is 11.5 Å². The Labute approximate surface area is 130 Å². The number of nitro benzene ring substituents is 1. The van der Waals surface area contributed by atoms with Crippen molar-refractivity contribution in [1.29, 1.82) is 0 Å². The van der Waals surface area contributed by atoms with Gasteiger partial charge in [0.2, 0.25) is 0 Å². The second-order valence-corrected chi connectivity index (χ2v) is 4.75. The number of tetrazole rings is 1. The third kappa shape index (κ3) is 3.10. The molecule has 8 nitrogen and oxygen atoms in total. The van der Waals surface area contributed by atoms with Crippen LogP contribution < -0.4 is 0 Å². The van der Waals surface area contributed by atoms with Crippen LogP contribution in [0, 0.1) is 10.1 Å². The van der Waals surface area contributed by atoms with E-state index in [1.807, 2.05) is 30.3 Å². The molecular formula is C15H11N5O3. The third-order valence-corrected chi connectivity index (χ3v) is 3.26. The van der Waals surface area contributed by atoms with Crippen molar-refractivity contribution < 1.29 is 9.72 Å². The molecule has 0 fully saturated rings. The number of carbonyl (C=O) groups excluding carboxylic acids is 1. The van der Waals surface area contributed by atoms with Gasteiger partial charge in [-0.05, 0) is 22.6 Å². The molecule has 0 saturated heterocycles. The zero-order chi connectivity index (χ0) is 16.2. The van der Waals surface area contributed by atoms with Gasteiger partial charge >= 0.3 is 0 Å². The van der Waals surface area contributed by atoms with E-state index >= 15 is 0 Å². The highest BCUT2D eigenvalue weighted by Gasteiger charge is 2.14. The van der Waals surface area contributed by atoms with Gasteiger partial charge in [0.1, 0.15) is 6.54 Å². The Morgan fingerprint density at radius 1 is 1.09 bits per heavy atom. The molecule has 8 heteroatoms. The molecule has 0 atom stereocenters. The van der Waals surface area contributed by atoms with Gasteiger partial charge in [0.05, 0.1) is 4.92 Å². The normalized spacial score (nSPS) is 10.4. The van der Waals surface area contributed by atoms with Crippen LogP contribution in [0.25, 0.3) is 11.4 Å². The molecule has 0 radical (unpaired) electrons. The zero-order valence-corrected chi connectivity index (χ0v) is 11.9. The smallest absolute Gasteiger partial charge is 0.269 e. The summed E-state index contributed by atoms with van der Waals surface area (Å²) in [6, 6.07) is 14.7. The third-order valence-electron chi connectivity index (χ3n) is 3.26. The Kier molecular flexibility index (Phi) is 3.88. The van der Waals surface area contributed by atoms with Crippen LogP contribution in [0.1, 0.15) is 10.4 Å². The number of aromatic nitrogens is 4. The van der Waals surface area contributed by atoms with E-state index in [0.29, 0.717) is 11.4 Å². The van der Waals surface area contributed by atoms with Crippen LogP contribution in [-0.2, 0) is 6.54 Å². The van der Waals surface area contributed by atoms with Crippen LogP contribution >= 0.6 is 0 Å². The Morgan fingerprint density at radius 2 is 1.78 bits per heavy atom. The number of non-ortho nitro benzene ring substituents is 1. The molecule has 0 saturated carbocycles. The van der Waals surface area contributed by atoms with Gasteiger partial charge in [-0.2, -0.15) is 0 Å². The van der Waals surface area contributed by atoms with Crippen LogP contribution in [0.2, 0.25) is 0 Å². The SMILES string of the molecule is O=C(Cn1nnnc1-c1ccccc1)c1ccc([N+](=O)[O-])cc1. The van der Waals surface area contributed by atoms with Gasteiger partial charge in [-0.3, -0.25) is 14.9 Å². The highest BCUT2D eigenvalue weighted by atomic mass is 16.6. The first-order valence-corrected chi connectivity index (χ1v) is 6.74. The quantitative estimate of drug-likeness (QED) is 0.406. The van der Waals surface area contributed by atoms with Gasteiger partial charge in [-0.1, -0.05) is 30.3 Å². The first-order valence-electron chi connectivity index (χ1n) is 6.74. The van der Waals surface area contributed by atoms with E-state index in [1.54, 1.807) is 0 Å². The van der Waals surface area contributed by atoms with Gasteiger partial charge in [0.15, 0.2) is 11.6 Å². The Balaban J connectivity index is 1.81. The number of benzene rings is 2. The van der Waals surface area contributed by atoms with Crippen molar-refractivity contribution in [3.8, 4) is 11.4 Å². The van der Waals surface area contributed by atoms with Crippen LogP contribution in [0.5, 0.6) is 0 Å². The fraction of sp³-hybridized carbons (Fsp3) is 0.0667. The lowest BCUT2D eigenvalue weighted by Gasteiger charge is -2.04. The molecule has 3 rings (SSSR count). The predicted molar refractivity (Wildman–Crippen MR) is 80.7 cm³/mol. The fourth-order valence-corrected chi connectivity index (χ4v) is 2.10. The lowest BCUT2D eigenvalue weighted by Crippen LogP contribution is -2.13. The first-order chi connectivity index (χ1) is 11.1. The zero-order valence-electron chi connectivity index (χ0n) is 11.9. The summed E-state index contributed by atoms with van der Waals surface area (Å²) < 4.78 is 1.40. The number of ketones is 1. The lowest BCUT2D eigenvalue weighted by atomic mass is 10.1. The van der Waals surface area contributed by atoms with Crippen molar-refractivity contribution in [2.75, 3.05) is 0 Å². The van der Waals surface area contributed by atoms with Crippen molar-refractivity contribution in [2.45, 2.75) is 6.54 Å². The maximum atomic E-state index is 12.3. The Hall–Kier alpha value is -3.42. The number of nitrogens with zero attached hydrogens (tertiary/aromatic N) is 5. The van der Waals surface area contributed by atoms with Gasteiger partial charge < -0.3 is 0 Å². The first kappa shape index (κ1) is 14.5. The van der Waals surface area contributed by atoms with Gasteiger partial charge in [0, 0.05) is 23.3 Å². The Bertz CT molecular complexity index is 843. The summed E-state index contributed by atoms with van der Waals surface area (Å²) in [5.41, 5.74) is 1.10. The molecule has 0 amide bonds. The molecule has 1 heterocycles. The second-order valence-electron chi connectivity index (χ2n) is 4.75. The average molecular weight is 309 g/mol. The maximum Gasteiger partial charge on any atom is 0.269 e. The number of hydrogen-bond donors (Lipinski definition) is 0. The molecule has 23 heavy (non-hydrogen) atoms. The number of rotatable bonds is 5. The van der Waals surface area contributed by atoms with E-state index < -0.39 is 4.92 Å². The minimum absolute atomic E-state index is 0.0466. The Morgan fingerprint density at radius 3 is 2.43 bits per heavy atom. The van der Waals surface area contributed by atoms with E-state index in [9.17, 15) is 14.9 Å². The molecule has 0 bridgehead atoms. The molecule has 0 N–H and O–H groups in total. The average Bonchev–Trinajstić information content (AvgIpc) is 3.04. The van der Waals surface area contributed by atoms with E-state index in [0.717, 1.165) is 5.56 Å². The molecule has 1 aromatic heterocycles. The second kappa shape index (κ2) is 6.14.